The molecule has 1 aliphatic carbocycles. The van der Waals surface area contributed by atoms with E-state index < -0.39 is 0 Å². The lowest BCUT2D eigenvalue weighted by Crippen LogP contribution is -2.02. The number of H-pyrrole nitrogens is 1. The molecule has 7 N–H and O–H groups in total. The minimum absolute atomic E-state index is 0.184. The molecule has 7 nitrogen and oxygen atoms in total. The van der Waals surface area contributed by atoms with Crippen molar-refractivity contribution >= 4 is 39.9 Å². The van der Waals surface area contributed by atoms with Gasteiger partial charge in [-0.15, -0.1) is 0 Å². The second kappa shape index (κ2) is 7.89. The van der Waals surface area contributed by atoms with E-state index in [0.717, 1.165) is 40.3 Å². The van der Waals surface area contributed by atoms with Gasteiger partial charge in [0.25, 0.3) is 0 Å². The van der Waals surface area contributed by atoms with Gasteiger partial charge in [0.2, 0.25) is 5.95 Å². The highest BCUT2D eigenvalue weighted by Crippen LogP contribution is 2.29. The van der Waals surface area contributed by atoms with E-state index in [-0.39, 0.29) is 5.95 Å². The Morgan fingerprint density at radius 1 is 1.00 bits per heavy atom. The Morgan fingerprint density at radius 2 is 1.79 bits per heavy atom. The number of fused-ring (bicyclic) bond motifs is 4. The van der Waals surface area contributed by atoms with E-state index in [9.17, 15) is 4.79 Å². The average Bonchev–Trinajstić information content (AvgIpc) is 3.11. The molecule has 0 radical (unpaired) electrons. The van der Waals surface area contributed by atoms with Gasteiger partial charge < -0.3 is 22.2 Å². The summed E-state index contributed by atoms with van der Waals surface area (Å²) in [6, 6.07) is 11.5. The van der Waals surface area contributed by atoms with Crippen LogP contribution in [0.3, 0.4) is 0 Å². The maximum Gasteiger partial charge on any atom is 0.222 e. The number of aryl methyl sites for hydroxylation is 2. The SMILES string of the molecule is NCc1ccc2c(N)nc(N)nc2c1.O=Cc1ccc2c3c([nH]c2c1)CCCC3. The number of nitrogen functional groups attached to an aromatic ring is 2. The van der Waals surface area contributed by atoms with Gasteiger partial charge in [-0.05, 0) is 55.0 Å². The van der Waals surface area contributed by atoms with Gasteiger partial charge in [-0.3, -0.25) is 4.79 Å². The lowest BCUT2D eigenvalue weighted by molar-refractivity contribution is 0.112. The summed E-state index contributed by atoms with van der Waals surface area (Å²) in [5.41, 5.74) is 23.1. The molecule has 0 atom stereocenters. The summed E-state index contributed by atoms with van der Waals surface area (Å²) in [6.07, 6.45) is 5.80. The first-order valence-electron chi connectivity index (χ1n) is 9.69. The van der Waals surface area contributed by atoms with E-state index in [2.05, 4.69) is 21.0 Å². The number of nitrogens with two attached hydrogens (primary N) is 3. The number of nitrogens with zero attached hydrogens (tertiary/aromatic N) is 2. The number of hydrogen-bond acceptors (Lipinski definition) is 6. The van der Waals surface area contributed by atoms with Crippen molar-refractivity contribution in [2.45, 2.75) is 32.2 Å². The lowest BCUT2D eigenvalue weighted by atomic mass is 9.95. The number of carbonyl (C=O) groups excluding carboxylic acids is 1. The first kappa shape index (κ1) is 18.9. The highest BCUT2D eigenvalue weighted by Gasteiger charge is 2.14. The number of aromatic amines is 1. The molecule has 2 heterocycles. The quantitative estimate of drug-likeness (QED) is 0.389. The summed E-state index contributed by atoms with van der Waals surface area (Å²) < 4.78 is 0. The monoisotopic (exact) mass is 388 g/mol. The number of carbonyl (C=O) groups is 1. The third kappa shape index (κ3) is 3.77. The standard InChI is InChI=1S/C13H13NO.C9H11N5/c15-8-9-5-6-11-10-3-1-2-4-12(10)14-13(11)7-9;10-4-5-1-2-6-7(3-5)13-9(12)14-8(6)11/h5-8,14H,1-4H2;1-3H,4,10H2,(H4,11,12,13,14). The van der Waals surface area contributed by atoms with Crippen LogP contribution >= 0.6 is 0 Å². The number of rotatable bonds is 2. The Labute approximate surface area is 168 Å². The van der Waals surface area contributed by atoms with Crippen molar-refractivity contribution in [3.05, 3.63) is 58.8 Å². The minimum Gasteiger partial charge on any atom is -0.383 e. The maximum absolute atomic E-state index is 10.7. The third-order valence-electron chi connectivity index (χ3n) is 5.30. The molecule has 0 fully saturated rings. The molecule has 148 valence electrons. The fraction of sp³-hybridized carbons (Fsp3) is 0.227. The molecular weight excluding hydrogens is 364 g/mol. The third-order valence-corrected chi connectivity index (χ3v) is 5.30. The van der Waals surface area contributed by atoms with Gasteiger partial charge in [0, 0.05) is 34.1 Å². The topological polar surface area (TPSA) is 137 Å². The predicted molar refractivity (Wildman–Crippen MR) is 117 cm³/mol. The van der Waals surface area contributed by atoms with Crippen LogP contribution in [0.5, 0.6) is 0 Å². The van der Waals surface area contributed by atoms with Crippen LogP contribution in [0.25, 0.3) is 21.8 Å². The van der Waals surface area contributed by atoms with Crippen molar-refractivity contribution in [3.8, 4) is 0 Å². The molecule has 1 aliphatic rings. The normalized spacial score (nSPS) is 13.0. The van der Waals surface area contributed by atoms with Crippen molar-refractivity contribution in [2.75, 3.05) is 11.5 Å². The van der Waals surface area contributed by atoms with Crippen molar-refractivity contribution in [1.82, 2.24) is 15.0 Å². The molecule has 0 spiro atoms. The molecular formula is C22H24N6O. The van der Waals surface area contributed by atoms with E-state index in [0.29, 0.717) is 12.4 Å². The summed E-state index contributed by atoms with van der Waals surface area (Å²) in [6.45, 7) is 0.472. The fourth-order valence-corrected chi connectivity index (χ4v) is 3.85. The lowest BCUT2D eigenvalue weighted by Gasteiger charge is -2.10. The number of nitrogens with one attached hydrogen (secondary N) is 1. The largest absolute Gasteiger partial charge is 0.383 e. The summed E-state index contributed by atoms with van der Waals surface area (Å²) in [5, 5.41) is 2.10. The zero-order valence-corrected chi connectivity index (χ0v) is 16.1. The van der Waals surface area contributed by atoms with E-state index in [4.69, 9.17) is 17.2 Å². The van der Waals surface area contributed by atoms with Gasteiger partial charge in [0.15, 0.2) is 0 Å². The highest BCUT2D eigenvalue weighted by molar-refractivity contribution is 5.90. The van der Waals surface area contributed by atoms with E-state index in [1.54, 1.807) is 0 Å². The Morgan fingerprint density at radius 3 is 2.59 bits per heavy atom. The van der Waals surface area contributed by atoms with Gasteiger partial charge in [0.05, 0.1) is 5.52 Å². The number of aromatic nitrogens is 3. The van der Waals surface area contributed by atoms with E-state index >= 15 is 0 Å². The molecule has 0 saturated carbocycles. The molecule has 29 heavy (non-hydrogen) atoms. The molecule has 5 rings (SSSR count). The fourth-order valence-electron chi connectivity index (χ4n) is 3.85. The predicted octanol–water partition coefficient (Wildman–Crippen LogP) is 3.11. The number of hydrogen-bond donors (Lipinski definition) is 4. The summed E-state index contributed by atoms with van der Waals surface area (Å²) in [5.74, 6) is 0.584. The summed E-state index contributed by atoms with van der Waals surface area (Å²) in [4.78, 5) is 22.1. The Hall–Kier alpha value is -3.45. The van der Waals surface area contributed by atoms with Crippen LogP contribution in [-0.4, -0.2) is 21.2 Å². The smallest absolute Gasteiger partial charge is 0.222 e. The molecule has 2 aromatic carbocycles. The van der Waals surface area contributed by atoms with Crippen molar-refractivity contribution in [1.29, 1.82) is 0 Å². The van der Waals surface area contributed by atoms with Crippen LogP contribution in [0.2, 0.25) is 0 Å². The van der Waals surface area contributed by atoms with E-state index in [1.807, 2.05) is 30.3 Å². The first-order valence-corrected chi connectivity index (χ1v) is 9.69. The Balaban J connectivity index is 0.000000142. The summed E-state index contributed by atoms with van der Waals surface area (Å²) >= 11 is 0. The van der Waals surface area contributed by atoms with Gasteiger partial charge in [0.1, 0.15) is 12.1 Å². The maximum atomic E-state index is 10.7. The van der Waals surface area contributed by atoms with Crippen molar-refractivity contribution < 1.29 is 4.79 Å². The second-order valence-corrected chi connectivity index (χ2v) is 7.23. The highest BCUT2D eigenvalue weighted by atomic mass is 16.1. The van der Waals surface area contributed by atoms with Crippen molar-refractivity contribution in [2.24, 2.45) is 5.73 Å². The van der Waals surface area contributed by atoms with Crippen LogP contribution in [0.1, 0.15) is 40.0 Å². The molecule has 2 aromatic heterocycles. The van der Waals surface area contributed by atoms with Crippen LogP contribution in [0.15, 0.2) is 36.4 Å². The van der Waals surface area contributed by atoms with Crippen molar-refractivity contribution in [3.63, 3.8) is 0 Å². The Bertz CT molecular complexity index is 1200. The first-order chi connectivity index (χ1) is 14.1. The van der Waals surface area contributed by atoms with Crippen LogP contribution in [-0.2, 0) is 19.4 Å². The van der Waals surface area contributed by atoms with Gasteiger partial charge in [-0.2, -0.15) is 4.98 Å². The Kier molecular flexibility index (Phi) is 5.14. The number of aldehydes is 1. The van der Waals surface area contributed by atoms with Gasteiger partial charge in [-0.25, -0.2) is 4.98 Å². The average molecular weight is 388 g/mol. The van der Waals surface area contributed by atoms with Gasteiger partial charge in [-0.1, -0.05) is 18.2 Å². The molecule has 0 unspecified atom stereocenters. The molecule has 0 saturated heterocycles. The zero-order valence-electron chi connectivity index (χ0n) is 16.1. The van der Waals surface area contributed by atoms with Crippen LogP contribution in [0, 0.1) is 0 Å². The number of anilines is 2. The summed E-state index contributed by atoms with van der Waals surface area (Å²) in [7, 11) is 0. The minimum atomic E-state index is 0.184. The van der Waals surface area contributed by atoms with Gasteiger partial charge >= 0.3 is 0 Å². The molecule has 4 aromatic rings. The zero-order chi connectivity index (χ0) is 20.4. The molecule has 0 bridgehead atoms. The molecule has 0 aliphatic heterocycles. The molecule has 0 amide bonds. The second-order valence-electron chi connectivity index (χ2n) is 7.23. The van der Waals surface area contributed by atoms with E-state index in [1.165, 1.54) is 35.9 Å². The number of benzene rings is 2. The van der Waals surface area contributed by atoms with Crippen LogP contribution in [0.4, 0.5) is 11.8 Å². The van der Waals surface area contributed by atoms with Crippen LogP contribution < -0.4 is 17.2 Å². The molecule has 7 heteroatoms.